The van der Waals surface area contributed by atoms with Crippen LogP contribution in [0.3, 0.4) is 0 Å². The van der Waals surface area contributed by atoms with Gasteiger partial charge in [-0.05, 0) is 64.2 Å². The van der Waals surface area contributed by atoms with Gasteiger partial charge in [-0.3, -0.25) is 0 Å². The molecule has 0 radical (unpaired) electrons. The van der Waals surface area contributed by atoms with Gasteiger partial charge in [-0.2, -0.15) is 26.3 Å². The van der Waals surface area contributed by atoms with Crippen molar-refractivity contribution in [3.8, 4) is 0 Å². The predicted octanol–water partition coefficient (Wildman–Crippen LogP) is 12.4. The van der Waals surface area contributed by atoms with Gasteiger partial charge >= 0.3 is 11.0 Å². The van der Waals surface area contributed by atoms with E-state index in [1.165, 1.54) is 22.6 Å². The average molecular weight is 831 g/mol. The van der Waals surface area contributed by atoms with Gasteiger partial charge < -0.3 is 9.11 Å². The Morgan fingerprint density at radius 3 is 1.08 bits per heavy atom. The quantitative estimate of drug-likeness (QED) is 0.121. The summed E-state index contributed by atoms with van der Waals surface area (Å²) in [6.45, 7) is 7.69. The molecule has 4 atom stereocenters. The summed E-state index contributed by atoms with van der Waals surface area (Å²) in [5.41, 5.74) is -6.35. The third-order valence-corrected chi connectivity index (χ3v) is 72.8. The highest BCUT2D eigenvalue weighted by molar-refractivity contribution is 9.15. The van der Waals surface area contributed by atoms with Crippen LogP contribution in [0, 0.1) is 0 Å². The van der Waals surface area contributed by atoms with Crippen LogP contribution in [0.1, 0.15) is 128 Å². The molecule has 5 fully saturated rings. The van der Waals surface area contributed by atoms with E-state index in [0.29, 0.717) is 21.9 Å². The van der Waals surface area contributed by atoms with Crippen molar-refractivity contribution in [2.24, 2.45) is 0 Å². The Balaban J connectivity index is 0.000000325. The molecule has 0 aromatic carbocycles. The summed E-state index contributed by atoms with van der Waals surface area (Å²) >= 11 is 0. The molecule has 6 nitrogen and oxygen atoms in total. The molecule has 0 N–H and O–H groups in total. The fourth-order valence-electron chi connectivity index (χ4n) is 8.68. The van der Waals surface area contributed by atoms with Gasteiger partial charge in [0.2, 0.25) is 7.30 Å². The summed E-state index contributed by atoms with van der Waals surface area (Å²) in [5, 5.41) is 0. The summed E-state index contributed by atoms with van der Waals surface area (Å²) in [7, 11) is -11.0. The Labute approximate surface area is 288 Å². The van der Waals surface area contributed by atoms with Gasteiger partial charge in [-0.15, -0.1) is 0 Å². The predicted molar refractivity (Wildman–Crippen MR) is 191 cm³/mol. The molecular weight excluding hydrogens is 777 g/mol. The molecule has 1 saturated heterocycles. The lowest BCUT2D eigenvalue weighted by atomic mass is 10.0. The molecule has 4 unspecified atom stereocenters. The van der Waals surface area contributed by atoms with Gasteiger partial charge in [0.15, 0.2) is 20.2 Å². The minimum absolute atomic E-state index is 0.377. The van der Waals surface area contributed by atoms with Gasteiger partial charge in [0.05, 0.1) is 44.6 Å². The molecule has 1 heterocycles. The summed E-state index contributed by atoms with van der Waals surface area (Å²) in [6, 6.07) is 0. The Morgan fingerprint density at radius 2 is 0.771 bits per heavy atom. The number of hydrogen-bond acceptors (Lipinski definition) is 6. The van der Waals surface area contributed by atoms with Crippen molar-refractivity contribution in [3.63, 3.8) is 0 Å². The molecule has 284 valence electrons. The topological polar surface area (TPSA) is 114 Å². The zero-order valence-corrected chi connectivity index (χ0v) is 34.3. The van der Waals surface area contributed by atoms with Gasteiger partial charge in [-0.1, -0.05) is 64.2 Å². The molecule has 0 aromatic rings. The van der Waals surface area contributed by atoms with Crippen molar-refractivity contribution in [2.45, 2.75) is 162 Å². The van der Waals surface area contributed by atoms with E-state index < -0.39 is 44.5 Å². The molecule has 4 aliphatic carbocycles. The van der Waals surface area contributed by atoms with Crippen LogP contribution in [0.2, 0.25) is 0 Å². The summed E-state index contributed by atoms with van der Waals surface area (Å²) in [5.74, 6) is 0. The molecule has 19 heteroatoms. The van der Waals surface area contributed by atoms with Crippen molar-refractivity contribution < 1.29 is 52.3 Å². The number of hydrogen-bond donors (Lipinski definition) is 0. The first-order chi connectivity index (χ1) is 22.0. The van der Waals surface area contributed by atoms with Crippen LogP contribution in [0.25, 0.3) is 0 Å². The average Bonchev–Trinajstić information content (AvgIpc) is 3.20. The van der Waals surface area contributed by atoms with E-state index in [-0.39, 0.29) is 0 Å². The molecular formula is C29H53F6O6P5S2. The first-order valence-corrected chi connectivity index (χ1v) is 32.7. The first kappa shape index (κ1) is 44.0. The first-order valence-electron chi connectivity index (χ1n) is 17.2. The fraction of sp³-hybridized carbons (Fsp3) is 1.00. The smallest absolute Gasteiger partial charge is 0.485 e. The SMILES string of the molecule is C[P+]1(C)P(C2CCCCC2)P(C2CCCCC2)[P+](C)(C2CCCCC2)P1C1CCCCC1.O=S(=O)([O-])C(F)(F)F.O=S(=O)([O-])C(F)(F)F. The van der Waals surface area contributed by atoms with Crippen molar-refractivity contribution in [1.29, 1.82) is 0 Å². The Bertz CT molecular complexity index is 1190. The van der Waals surface area contributed by atoms with Crippen molar-refractivity contribution in [2.75, 3.05) is 20.0 Å². The maximum absolute atomic E-state index is 10.7. The van der Waals surface area contributed by atoms with Gasteiger partial charge in [0, 0.05) is 11.3 Å². The molecule has 4 saturated carbocycles. The largest absolute Gasteiger partial charge is 0.741 e. The molecule has 5 aliphatic rings. The van der Waals surface area contributed by atoms with E-state index in [1.54, 1.807) is 128 Å². The highest BCUT2D eigenvalue weighted by Gasteiger charge is 2.80. The number of alkyl halides is 6. The monoisotopic (exact) mass is 830 g/mol. The second-order valence-electron chi connectivity index (χ2n) is 14.2. The zero-order chi connectivity index (χ0) is 36.2. The van der Waals surface area contributed by atoms with E-state index in [0.717, 1.165) is 0 Å². The Hall–Kier alpha value is 1.55. The second-order valence-corrected chi connectivity index (χ2v) is 49.9. The normalized spacial score (nSPS) is 32.1. The second kappa shape index (κ2) is 17.8. The maximum Gasteiger partial charge on any atom is 0.485 e. The third-order valence-electron chi connectivity index (χ3n) is 10.6. The highest BCUT2D eigenvalue weighted by Crippen LogP contribution is 3.33. The lowest BCUT2D eigenvalue weighted by Crippen LogP contribution is -2.21. The van der Waals surface area contributed by atoms with Crippen LogP contribution in [0.15, 0.2) is 0 Å². The lowest BCUT2D eigenvalue weighted by Gasteiger charge is -2.42. The standard InChI is InChI=1S/C27H53P5.2CHF3O3S/c1-31(2)28(24-16-8-4-9-17-24)29(25-18-10-5-11-19-25)32(3,27-22-14-7-15-23-27)30(31)26-20-12-6-13-21-26;2*2-1(3,4)8(5,6)7/h24-27H,4-23H2,1-3H3;2*(H,5,6,7)/q+2;;/p-2. The van der Waals surface area contributed by atoms with Crippen LogP contribution in [-0.2, 0) is 20.2 Å². The molecule has 0 amide bonds. The van der Waals surface area contributed by atoms with Crippen LogP contribution in [0.4, 0.5) is 26.3 Å². The van der Waals surface area contributed by atoms with Crippen LogP contribution < -0.4 is 0 Å². The van der Waals surface area contributed by atoms with Crippen LogP contribution >= 0.6 is 35.2 Å². The van der Waals surface area contributed by atoms with Gasteiger partial charge in [0.25, 0.3) is 0 Å². The molecule has 0 spiro atoms. The summed E-state index contributed by atoms with van der Waals surface area (Å²) < 4.78 is 118. The van der Waals surface area contributed by atoms with Crippen molar-refractivity contribution >= 4 is 55.4 Å². The maximum atomic E-state index is 10.7. The van der Waals surface area contributed by atoms with Crippen LogP contribution in [-0.4, -0.2) is 79.6 Å². The fourth-order valence-corrected chi connectivity index (χ4v) is 115. The van der Waals surface area contributed by atoms with E-state index in [4.69, 9.17) is 25.9 Å². The van der Waals surface area contributed by atoms with E-state index in [2.05, 4.69) is 20.0 Å². The molecule has 0 bridgehead atoms. The molecule has 1 aliphatic heterocycles. The van der Waals surface area contributed by atoms with Gasteiger partial charge in [0.1, 0.15) is 14.6 Å². The highest BCUT2D eigenvalue weighted by atomic mass is 33.0. The van der Waals surface area contributed by atoms with Crippen molar-refractivity contribution in [3.05, 3.63) is 0 Å². The molecule has 48 heavy (non-hydrogen) atoms. The third kappa shape index (κ3) is 10.8. The van der Waals surface area contributed by atoms with Gasteiger partial charge in [-0.25, -0.2) is 16.8 Å². The van der Waals surface area contributed by atoms with E-state index in [9.17, 15) is 26.3 Å². The lowest BCUT2D eigenvalue weighted by molar-refractivity contribution is -0.0522. The van der Waals surface area contributed by atoms with E-state index >= 15 is 0 Å². The van der Waals surface area contributed by atoms with E-state index in [1.807, 2.05) is 0 Å². The zero-order valence-electron chi connectivity index (χ0n) is 28.2. The minimum atomic E-state index is -6.09. The Morgan fingerprint density at radius 1 is 0.500 bits per heavy atom. The summed E-state index contributed by atoms with van der Waals surface area (Å²) in [6.07, 6.45) is 32.4. The van der Waals surface area contributed by atoms with Crippen LogP contribution in [0.5, 0.6) is 0 Å². The Kier molecular flexibility index (Phi) is 16.3. The summed E-state index contributed by atoms with van der Waals surface area (Å²) in [4.78, 5) is 0. The van der Waals surface area contributed by atoms with Crippen molar-refractivity contribution in [1.82, 2.24) is 0 Å². The minimum Gasteiger partial charge on any atom is -0.741 e. The number of rotatable bonds is 4. The number of halogens is 6. The molecule has 5 rings (SSSR count). The molecule has 0 aromatic heterocycles.